The Morgan fingerprint density at radius 3 is 2.08 bits per heavy atom. The van der Waals surface area contributed by atoms with E-state index in [1.165, 1.54) is 5.56 Å². The Bertz CT molecular complexity index is 648. The summed E-state index contributed by atoms with van der Waals surface area (Å²) in [5.41, 5.74) is 9.02. The minimum Gasteiger partial charge on any atom is -0.489 e. The molecule has 0 aromatic heterocycles. The molecule has 2 aromatic rings. The first kappa shape index (κ1) is 18.0. The Kier molecular flexibility index (Phi) is 6.38. The summed E-state index contributed by atoms with van der Waals surface area (Å²) in [5.74, 6) is 0.476. The monoisotopic (exact) mass is 327 g/mol. The van der Waals surface area contributed by atoms with Crippen molar-refractivity contribution < 1.29 is 14.3 Å². The molecule has 0 saturated heterocycles. The van der Waals surface area contributed by atoms with Gasteiger partial charge in [-0.3, -0.25) is 4.79 Å². The summed E-state index contributed by atoms with van der Waals surface area (Å²) in [5, 5.41) is 0. The second kappa shape index (κ2) is 8.50. The molecular weight excluding hydrogens is 302 g/mol. The van der Waals surface area contributed by atoms with E-state index in [0.717, 1.165) is 16.9 Å². The van der Waals surface area contributed by atoms with Crippen LogP contribution in [0.1, 0.15) is 30.5 Å². The molecule has 0 aliphatic carbocycles. The first-order valence-corrected chi connectivity index (χ1v) is 8.15. The van der Waals surface area contributed by atoms with Gasteiger partial charge >= 0.3 is 5.97 Å². The van der Waals surface area contributed by atoms with Gasteiger partial charge in [0.2, 0.25) is 0 Å². The standard InChI is InChI=1S/C20H25NO3/c1-14(2)19(21)20(22)24-13-17-8-10-18(11-9-17)23-12-16-6-4-15(3)5-7-16/h4-11,14,19H,12-13,21H2,1-3H3/t19-/m0/s1. The number of carbonyl (C=O) groups is 1. The van der Waals surface area contributed by atoms with Crippen molar-refractivity contribution in [1.82, 2.24) is 0 Å². The lowest BCUT2D eigenvalue weighted by Crippen LogP contribution is -2.36. The van der Waals surface area contributed by atoms with E-state index >= 15 is 0 Å². The van der Waals surface area contributed by atoms with Gasteiger partial charge in [-0.25, -0.2) is 0 Å². The summed E-state index contributed by atoms with van der Waals surface area (Å²) in [4.78, 5) is 11.7. The van der Waals surface area contributed by atoms with E-state index in [-0.39, 0.29) is 18.5 Å². The third kappa shape index (κ3) is 5.39. The van der Waals surface area contributed by atoms with Gasteiger partial charge in [-0.05, 0) is 36.1 Å². The molecule has 2 rings (SSSR count). The fraction of sp³-hybridized carbons (Fsp3) is 0.350. The quantitative estimate of drug-likeness (QED) is 0.789. The van der Waals surface area contributed by atoms with E-state index in [1.807, 2.05) is 38.1 Å². The average molecular weight is 327 g/mol. The highest BCUT2D eigenvalue weighted by Gasteiger charge is 2.18. The number of esters is 1. The zero-order chi connectivity index (χ0) is 17.5. The summed E-state index contributed by atoms with van der Waals surface area (Å²) in [7, 11) is 0. The first-order valence-electron chi connectivity index (χ1n) is 8.15. The first-order chi connectivity index (χ1) is 11.5. The number of hydrogen-bond acceptors (Lipinski definition) is 4. The lowest BCUT2D eigenvalue weighted by atomic mass is 10.1. The summed E-state index contributed by atoms with van der Waals surface area (Å²) in [6, 6.07) is 15.2. The van der Waals surface area contributed by atoms with Crippen molar-refractivity contribution in [3.8, 4) is 5.75 Å². The highest BCUT2D eigenvalue weighted by Crippen LogP contribution is 2.15. The van der Waals surface area contributed by atoms with Crippen LogP contribution in [-0.2, 0) is 22.7 Å². The molecule has 4 nitrogen and oxygen atoms in total. The van der Waals surface area contributed by atoms with E-state index in [0.29, 0.717) is 6.61 Å². The normalized spacial score (nSPS) is 12.0. The lowest BCUT2D eigenvalue weighted by molar-refractivity contribution is -0.147. The Balaban J connectivity index is 1.82. The van der Waals surface area contributed by atoms with Gasteiger partial charge in [0.15, 0.2) is 0 Å². The third-order valence-electron chi connectivity index (χ3n) is 3.82. The molecule has 4 heteroatoms. The van der Waals surface area contributed by atoms with E-state index in [1.54, 1.807) is 0 Å². The fourth-order valence-corrected chi connectivity index (χ4v) is 2.06. The predicted molar refractivity (Wildman–Crippen MR) is 94.6 cm³/mol. The minimum atomic E-state index is -0.581. The summed E-state index contributed by atoms with van der Waals surface area (Å²) in [6.45, 7) is 6.60. The van der Waals surface area contributed by atoms with E-state index in [2.05, 4.69) is 31.2 Å². The molecule has 0 unspecified atom stereocenters. The Hall–Kier alpha value is -2.33. The second-order valence-electron chi connectivity index (χ2n) is 6.30. The Morgan fingerprint density at radius 2 is 1.50 bits per heavy atom. The van der Waals surface area contributed by atoms with Gasteiger partial charge in [-0.15, -0.1) is 0 Å². The average Bonchev–Trinajstić information content (AvgIpc) is 2.59. The summed E-state index contributed by atoms with van der Waals surface area (Å²) in [6.07, 6.45) is 0. The van der Waals surface area contributed by atoms with Crippen molar-refractivity contribution >= 4 is 5.97 Å². The molecule has 24 heavy (non-hydrogen) atoms. The van der Waals surface area contributed by atoms with Crippen LogP contribution in [0.25, 0.3) is 0 Å². The van der Waals surface area contributed by atoms with Crippen LogP contribution < -0.4 is 10.5 Å². The van der Waals surface area contributed by atoms with Gasteiger partial charge in [0.05, 0.1) is 0 Å². The maximum Gasteiger partial charge on any atom is 0.323 e. The largest absolute Gasteiger partial charge is 0.489 e. The van der Waals surface area contributed by atoms with Crippen molar-refractivity contribution in [3.63, 3.8) is 0 Å². The summed E-state index contributed by atoms with van der Waals surface area (Å²) >= 11 is 0. The maximum atomic E-state index is 11.7. The zero-order valence-electron chi connectivity index (χ0n) is 14.5. The Labute approximate surface area is 143 Å². The van der Waals surface area contributed by atoms with Gasteiger partial charge in [0, 0.05) is 0 Å². The van der Waals surface area contributed by atoms with Crippen molar-refractivity contribution in [2.75, 3.05) is 0 Å². The minimum absolute atomic E-state index is 0.0649. The number of aryl methyl sites for hydroxylation is 1. The van der Waals surface area contributed by atoms with Crippen LogP contribution in [0.3, 0.4) is 0 Å². The number of hydrogen-bond donors (Lipinski definition) is 1. The predicted octanol–water partition coefficient (Wildman–Crippen LogP) is 3.60. The van der Waals surface area contributed by atoms with Gasteiger partial charge in [0.1, 0.15) is 25.0 Å². The van der Waals surface area contributed by atoms with Crippen LogP contribution in [0, 0.1) is 12.8 Å². The number of nitrogens with two attached hydrogens (primary N) is 1. The molecule has 0 heterocycles. The number of rotatable bonds is 7. The number of benzene rings is 2. The zero-order valence-corrected chi connectivity index (χ0v) is 14.5. The number of carbonyl (C=O) groups excluding carboxylic acids is 1. The third-order valence-corrected chi connectivity index (χ3v) is 3.82. The molecule has 0 saturated carbocycles. The number of ether oxygens (including phenoxy) is 2. The van der Waals surface area contributed by atoms with E-state index in [9.17, 15) is 4.79 Å². The summed E-state index contributed by atoms with van der Waals surface area (Å²) < 4.78 is 11.0. The molecule has 0 fully saturated rings. The van der Waals surface area contributed by atoms with Crippen LogP contribution in [-0.4, -0.2) is 12.0 Å². The Morgan fingerprint density at radius 1 is 0.958 bits per heavy atom. The van der Waals surface area contributed by atoms with Gasteiger partial charge in [-0.1, -0.05) is 55.8 Å². The molecule has 0 spiro atoms. The smallest absolute Gasteiger partial charge is 0.323 e. The lowest BCUT2D eigenvalue weighted by Gasteiger charge is -2.14. The van der Waals surface area contributed by atoms with Crippen molar-refractivity contribution in [2.45, 2.75) is 40.0 Å². The molecule has 2 aromatic carbocycles. The van der Waals surface area contributed by atoms with Crippen LogP contribution in [0.5, 0.6) is 5.75 Å². The molecule has 0 amide bonds. The van der Waals surface area contributed by atoms with Crippen LogP contribution in [0.2, 0.25) is 0 Å². The molecule has 0 aliphatic rings. The molecular formula is C20H25NO3. The van der Waals surface area contributed by atoms with Gasteiger partial charge in [0.25, 0.3) is 0 Å². The van der Waals surface area contributed by atoms with Gasteiger partial charge in [-0.2, -0.15) is 0 Å². The molecule has 0 aliphatic heterocycles. The molecule has 0 bridgehead atoms. The van der Waals surface area contributed by atoms with E-state index < -0.39 is 6.04 Å². The van der Waals surface area contributed by atoms with Crippen LogP contribution in [0.15, 0.2) is 48.5 Å². The highest BCUT2D eigenvalue weighted by atomic mass is 16.5. The van der Waals surface area contributed by atoms with E-state index in [4.69, 9.17) is 15.2 Å². The van der Waals surface area contributed by atoms with Crippen LogP contribution >= 0.6 is 0 Å². The highest BCUT2D eigenvalue weighted by molar-refractivity contribution is 5.75. The second-order valence-corrected chi connectivity index (χ2v) is 6.30. The van der Waals surface area contributed by atoms with Gasteiger partial charge < -0.3 is 15.2 Å². The fourth-order valence-electron chi connectivity index (χ4n) is 2.06. The maximum absolute atomic E-state index is 11.7. The van der Waals surface area contributed by atoms with Crippen molar-refractivity contribution in [3.05, 3.63) is 65.2 Å². The van der Waals surface area contributed by atoms with Crippen molar-refractivity contribution in [1.29, 1.82) is 0 Å². The van der Waals surface area contributed by atoms with Crippen LogP contribution in [0.4, 0.5) is 0 Å². The molecule has 128 valence electrons. The van der Waals surface area contributed by atoms with Crippen molar-refractivity contribution in [2.24, 2.45) is 11.7 Å². The molecule has 1 atom stereocenters. The molecule has 0 radical (unpaired) electrons. The SMILES string of the molecule is Cc1ccc(COc2ccc(COC(=O)[C@@H](N)C(C)C)cc2)cc1. The molecule has 2 N–H and O–H groups in total. The topological polar surface area (TPSA) is 61.5 Å².